The van der Waals surface area contributed by atoms with Crippen molar-refractivity contribution < 1.29 is 58.8 Å². The van der Waals surface area contributed by atoms with E-state index in [4.69, 9.17) is 30.9 Å². The van der Waals surface area contributed by atoms with Crippen molar-refractivity contribution >= 4 is 53.1 Å². The summed E-state index contributed by atoms with van der Waals surface area (Å²) in [4.78, 5) is 75.7. The molecule has 0 aliphatic carbocycles. The summed E-state index contributed by atoms with van der Waals surface area (Å²) in [7, 11) is 0. The fourth-order valence-electron chi connectivity index (χ4n) is 4.10. The van der Waals surface area contributed by atoms with Gasteiger partial charge < -0.3 is 46.4 Å². The van der Waals surface area contributed by atoms with E-state index in [0.717, 1.165) is 0 Å². The third kappa shape index (κ3) is 8.75. The van der Waals surface area contributed by atoms with Crippen LogP contribution in [0.15, 0.2) is 47.6 Å². The number of carbonyl (C=O) groups is 6. The zero-order valence-corrected chi connectivity index (χ0v) is 22.7. The van der Waals surface area contributed by atoms with Gasteiger partial charge in [-0.15, -0.1) is 0 Å². The summed E-state index contributed by atoms with van der Waals surface area (Å²) >= 11 is 0. The lowest BCUT2D eigenvalue weighted by molar-refractivity contribution is -0.169. The van der Waals surface area contributed by atoms with Crippen molar-refractivity contribution in [2.24, 2.45) is 10.9 Å². The van der Waals surface area contributed by atoms with Crippen molar-refractivity contribution in [3.63, 3.8) is 0 Å². The molecule has 0 radical (unpaired) electrons. The molecule has 1 unspecified atom stereocenters. The van der Waals surface area contributed by atoms with Crippen LogP contribution >= 0.6 is 0 Å². The highest BCUT2D eigenvalue weighted by Crippen LogP contribution is 2.32. The van der Waals surface area contributed by atoms with Gasteiger partial charge in [-0.1, -0.05) is 5.16 Å². The molecule has 2 atom stereocenters. The van der Waals surface area contributed by atoms with Crippen molar-refractivity contribution in [1.82, 2.24) is 5.32 Å². The number of nitrogens with two attached hydrogens (primary N) is 1. The summed E-state index contributed by atoms with van der Waals surface area (Å²) < 4.78 is 5.50. The number of hydrogen-bond donors (Lipinski definition) is 8. The van der Waals surface area contributed by atoms with Crippen molar-refractivity contribution in [2.45, 2.75) is 43.7 Å². The number of anilines is 1. The third-order valence-electron chi connectivity index (χ3n) is 6.17. The van der Waals surface area contributed by atoms with Crippen LogP contribution in [0.25, 0.3) is 0 Å². The molecule has 232 valence electrons. The Morgan fingerprint density at radius 3 is 2.27 bits per heavy atom. The maximum atomic E-state index is 12.9. The highest BCUT2D eigenvalue weighted by atomic mass is 16.7. The van der Waals surface area contributed by atoms with Crippen molar-refractivity contribution in [1.29, 1.82) is 5.41 Å². The van der Waals surface area contributed by atoms with Gasteiger partial charge in [0.05, 0.1) is 24.1 Å². The molecule has 9 N–H and O–H groups in total. The molecule has 17 nitrogen and oxygen atoms in total. The summed E-state index contributed by atoms with van der Waals surface area (Å²) in [6, 6.07) is 8.30. The zero-order chi connectivity index (χ0) is 32.6. The number of hydrogen-bond acceptors (Lipinski definition) is 10. The van der Waals surface area contributed by atoms with Crippen LogP contribution in [0, 0.1) is 5.41 Å². The van der Waals surface area contributed by atoms with E-state index in [9.17, 15) is 39.0 Å². The molecule has 1 amide bonds. The van der Waals surface area contributed by atoms with E-state index in [1.54, 1.807) is 0 Å². The van der Waals surface area contributed by atoms with Gasteiger partial charge in [0, 0.05) is 24.1 Å². The molecule has 0 fully saturated rings. The Hall–Kier alpha value is -6.00. The number of aliphatic carboxylic acids is 4. The van der Waals surface area contributed by atoms with Gasteiger partial charge in [-0.05, 0) is 54.4 Å². The second-order valence-corrected chi connectivity index (χ2v) is 9.60. The van der Waals surface area contributed by atoms with Gasteiger partial charge in [-0.25, -0.2) is 14.4 Å². The lowest BCUT2D eigenvalue weighted by Gasteiger charge is -2.19. The van der Waals surface area contributed by atoms with Crippen LogP contribution in [0.2, 0.25) is 0 Å². The first-order valence-corrected chi connectivity index (χ1v) is 12.7. The van der Waals surface area contributed by atoms with Crippen LogP contribution in [0.4, 0.5) is 5.69 Å². The van der Waals surface area contributed by atoms with Crippen LogP contribution in [0.3, 0.4) is 0 Å². The van der Waals surface area contributed by atoms with Crippen molar-refractivity contribution in [3.05, 3.63) is 59.2 Å². The quantitative estimate of drug-likeness (QED) is 0.0627. The number of esters is 1. The van der Waals surface area contributed by atoms with E-state index in [2.05, 4.69) is 15.8 Å². The molecule has 3 rings (SSSR count). The highest BCUT2D eigenvalue weighted by Gasteiger charge is 2.49. The predicted molar refractivity (Wildman–Crippen MR) is 148 cm³/mol. The van der Waals surface area contributed by atoms with Crippen LogP contribution in [0.1, 0.15) is 47.2 Å². The average molecular weight is 614 g/mol. The molecule has 0 spiro atoms. The number of aryl methyl sites for hydroxylation is 1. The topological polar surface area (TPSA) is 288 Å². The summed E-state index contributed by atoms with van der Waals surface area (Å²) in [6.45, 7) is 0. The first-order valence-electron chi connectivity index (χ1n) is 12.7. The minimum atomic E-state index is -2.18. The summed E-state index contributed by atoms with van der Waals surface area (Å²) in [5.41, 5.74) is 4.21. The van der Waals surface area contributed by atoms with Crippen LogP contribution < -0.4 is 21.1 Å². The first kappa shape index (κ1) is 32.5. The molecule has 1 aliphatic heterocycles. The molecule has 2 aromatic carbocycles. The Morgan fingerprint density at radius 1 is 1.02 bits per heavy atom. The Morgan fingerprint density at radius 2 is 1.70 bits per heavy atom. The monoisotopic (exact) mass is 613 g/mol. The van der Waals surface area contributed by atoms with E-state index >= 15 is 0 Å². The molecular weight excluding hydrogens is 586 g/mol. The third-order valence-corrected chi connectivity index (χ3v) is 6.17. The van der Waals surface area contributed by atoms with Crippen LogP contribution in [0.5, 0.6) is 5.75 Å². The van der Waals surface area contributed by atoms with Gasteiger partial charge >= 0.3 is 29.8 Å². The second kappa shape index (κ2) is 13.8. The molecule has 44 heavy (non-hydrogen) atoms. The Kier molecular flexibility index (Phi) is 10.2. The number of nitrogens with one attached hydrogen (secondary N) is 3. The van der Waals surface area contributed by atoms with Crippen molar-refractivity contribution in [2.75, 3.05) is 5.32 Å². The van der Waals surface area contributed by atoms with Gasteiger partial charge in [0.2, 0.25) is 11.5 Å². The first-order chi connectivity index (χ1) is 20.7. The van der Waals surface area contributed by atoms with Gasteiger partial charge in [0.1, 0.15) is 11.8 Å². The number of carboxylic acid groups (broad SMARTS) is 4. The van der Waals surface area contributed by atoms with E-state index in [1.807, 2.05) is 0 Å². The van der Waals surface area contributed by atoms with E-state index < -0.39 is 66.7 Å². The lowest BCUT2D eigenvalue weighted by atomic mass is 9.90. The summed E-state index contributed by atoms with van der Waals surface area (Å²) in [5.74, 6) is -7.93. The molecule has 2 aromatic rings. The van der Waals surface area contributed by atoms with Gasteiger partial charge in [0.15, 0.2) is 5.96 Å². The largest absolute Gasteiger partial charge is 0.481 e. The maximum absolute atomic E-state index is 12.9. The minimum absolute atomic E-state index is 0.0179. The number of benzene rings is 2. The lowest BCUT2D eigenvalue weighted by Crippen LogP contribution is -2.42. The van der Waals surface area contributed by atoms with Gasteiger partial charge in [-0.2, -0.15) is 0 Å². The fourth-order valence-corrected chi connectivity index (χ4v) is 4.10. The SMILES string of the molecule is N=C(N)Nc1ccc(C(=O)Oc2cc(CCC(=O)N[C@@H](CC(=O)O)C(=O)O)cc(C3=NOC(CC(=O)O)(C(=O)O)C3)c2)cc1. The molecule has 0 bridgehead atoms. The van der Waals surface area contributed by atoms with Gasteiger partial charge in [0.25, 0.3) is 0 Å². The number of amides is 1. The van der Waals surface area contributed by atoms with Gasteiger partial charge in [-0.3, -0.25) is 19.8 Å². The Labute approximate surface area is 247 Å². The van der Waals surface area contributed by atoms with Crippen molar-refractivity contribution in [3.8, 4) is 5.75 Å². The molecule has 0 saturated heterocycles. The number of rotatable bonds is 14. The summed E-state index contributed by atoms with van der Waals surface area (Å²) in [5, 5.41) is 52.6. The Balaban J connectivity index is 1.87. The van der Waals surface area contributed by atoms with E-state index in [0.29, 0.717) is 11.3 Å². The molecule has 17 heteroatoms. The standard InChI is InChI=1S/C27H27N5O12/c28-26(29)30-16-4-2-14(3-5-16)24(40)43-17-8-13(1-6-20(33)31-18(23(38)39)10-21(34)35)7-15(9-17)19-11-27(25(41)42,44-32-19)12-22(36)37/h2-5,7-9,18H,1,6,10-12H2,(H,31,33)(H,34,35)(H,36,37)(H,38,39)(H,41,42)(H4,28,29,30)/t18-,27?/m0/s1. The Bertz CT molecular complexity index is 1540. The van der Waals surface area contributed by atoms with Crippen LogP contribution in [-0.4, -0.2) is 79.5 Å². The molecule has 1 heterocycles. The number of ether oxygens (including phenoxy) is 1. The number of carboxylic acids is 4. The number of oxime groups is 1. The average Bonchev–Trinajstić information content (AvgIpc) is 3.36. The predicted octanol–water partition coefficient (Wildman–Crippen LogP) is 0.610. The number of carbonyl (C=O) groups excluding carboxylic acids is 2. The second-order valence-electron chi connectivity index (χ2n) is 9.60. The smallest absolute Gasteiger partial charge is 0.351 e. The fraction of sp³-hybridized carbons (Fsp3) is 0.259. The normalized spacial score (nSPS) is 16.0. The molecule has 0 aromatic heterocycles. The minimum Gasteiger partial charge on any atom is -0.481 e. The number of guanidine groups is 1. The maximum Gasteiger partial charge on any atom is 0.351 e. The number of nitrogens with zero attached hydrogens (tertiary/aromatic N) is 1. The highest BCUT2D eigenvalue weighted by molar-refractivity contribution is 6.06. The summed E-state index contributed by atoms with van der Waals surface area (Å²) in [6.07, 6.45) is -2.57. The molecular formula is C27H27N5O12. The zero-order valence-electron chi connectivity index (χ0n) is 22.7. The molecule has 1 aliphatic rings. The molecule has 0 saturated carbocycles. The van der Waals surface area contributed by atoms with E-state index in [1.165, 1.54) is 42.5 Å². The van der Waals surface area contributed by atoms with Crippen LogP contribution in [-0.2, 0) is 35.2 Å². The van der Waals surface area contributed by atoms with E-state index in [-0.39, 0.29) is 41.4 Å².